The number of pyridine rings is 2. The predicted molar refractivity (Wildman–Crippen MR) is 68.9 cm³/mol. The summed E-state index contributed by atoms with van der Waals surface area (Å²) in [6.07, 6.45) is 3.05. The molecule has 0 saturated carbocycles. The number of hydrogen-bond acceptors (Lipinski definition) is 6. The largest absolute Gasteiger partial charge is 0.371 e. The van der Waals surface area contributed by atoms with E-state index < -0.39 is 29.2 Å². The molecular weight excluding hydrogens is 318 g/mol. The lowest BCUT2D eigenvalue weighted by atomic mass is 10.2. The van der Waals surface area contributed by atoms with Gasteiger partial charge in [0.2, 0.25) is 23.3 Å². The molecule has 0 unspecified atom stereocenters. The Balaban J connectivity index is 1.79. The van der Waals surface area contributed by atoms with Gasteiger partial charge in [-0.2, -0.15) is 27.5 Å². The predicted octanol–water partition coefficient (Wildman–Crippen LogP) is 2.70. The third kappa shape index (κ3) is 2.96. The van der Waals surface area contributed by atoms with Crippen LogP contribution < -0.4 is 5.32 Å². The van der Waals surface area contributed by atoms with E-state index >= 15 is 0 Å². The van der Waals surface area contributed by atoms with Crippen LogP contribution in [0.3, 0.4) is 0 Å². The van der Waals surface area contributed by atoms with Crippen LogP contribution in [0.1, 0.15) is 5.89 Å². The average molecular weight is 325 g/mol. The van der Waals surface area contributed by atoms with Gasteiger partial charge in [-0.15, -0.1) is 0 Å². The maximum absolute atomic E-state index is 13.4. The van der Waals surface area contributed by atoms with Gasteiger partial charge >= 0.3 is 0 Å². The minimum absolute atomic E-state index is 0.0340. The third-order valence-corrected chi connectivity index (χ3v) is 2.82. The summed E-state index contributed by atoms with van der Waals surface area (Å²) in [6, 6.07) is 3.27. The second-order valence-electron chi connectivity index (χ2n) is 4.30. The van der Waals surface area contributed by atoms with Crippen LogP contribution in [0.15, 0.2) is 29.0 Å². The zero-order valence-corrected chi connectivity index (χ0v) is 11.2. The summed E-state index contributed by atoms with van der Waals surface area (Å²) in [5, 5.41) is 5.84. The molecule has 0 atom stereocenters. The van der Waals surface area contributed by atoms with E-state index in [1.165, 1.54) is 12.4 Å². The smallest absolute Gasteiger partial charge is 0.253 e. The first kappa shape index (κ1) is 14.9. The number of anilines is 1. The summed E-state index contributed by atoms with van der Waals surface area (Å²) in [4.78, 5) is 10.3. The van der Waals surface area contributed by atoms with Crippen molar-refractivity contribution in [2.24, 2.45) is 0 Å². The minimum atomic E-state index is -1.76. The van der Waals surface area contributed by atoms with Crippen molar-refractivity contribution in [2.45, 2.75) is 6.54 Å². The van der Waals surface area contributed by atoms with Gasteiger partial charge in [0.25, 0.3) is 11.9 Å². The molecule has 0 aromatic carbocycles. The van der Waals surface area contributed by atoms with Crippen LogP contribution in [0.25, 0.3) is 11.4 Å². The van der Waals surface area contributed by atoms with Crippen molar-refractivity contribution in [3.63, 3.8) is 0 Å². The van der Waals surface area contributed by atoms with E-state index in [4.69, 9.17) is 4.52 Å². The maximum Gasteiger partial charge on any atom is 0.253 e. The standard InChI is InChI=1S/C13H7F4N5O/c14-8-10(9(15)12(17)21-11(8)16)19-5-7-20-13(22-23-7)6-1-3-18-4-2-6/h1-4H,5H2,(H,19,21). The fourth-order valence-electron chi connectivity index (χ4n) is 1.75. The molecular formula is C13H7F4N5O. The molecule has 3 aromatic rings. The van der Waals surface area contributed by atoms with E-state index in [0.717, 1.165) is 0 Å². The molecule has 3 rings (SSSR count). The van der Waals surface area contributed by atoms with Crippen molar-refractivity contribution in [2.75, 3.05) is 5.32 Å². The molecule has 0 bridgehead atoms. The highest BCUT2D eigenvalue weighted by Crippen LogP contribution is 2.23. The van der Waals surface area contributed by atoms with Gasteiger partial charge in [0.15, 0.2) is 0 Å². The highest BCUT2D eigenvalue weighted by atomic mass is 19.2. The monoisotopic (exact) mass is 325 g/mol. The molecule has 0 amide bonds. The Morgan fingerprint density at radius 1 is 0.957 bits per heavy atom. The number of nitrogens with one attached hydrogen (secondary N) is 1. The van der Waals surface area contributed by atoms with Gasteiger partial charge in [0.05, 0.1) is 6.54 Å². The van der Waals surface area contributed by atoms with Crippen LogP contribution in [-0.4, -0.2) is 20.1 Å². The van der Waals surface area contributed by atoms with Gasteiger partial charge in [-0.05, 0) is 12.1 Å². The zero-order valence-electron chi connectivity index (χ0n) is 11.2. The van der Waals surface area contributed by atoms with E-state index in [1.54, 1.807) is 12.1 Å². The maximum atomic E-state index is 13.4. The summed E-state index contributed by atoms with van der Waals surface area (Å²) in [5.74, 6) is -6.59. The van der Waals surface area contributed by atoms with E-state index in [0.29, 0.717) is 5.56 Å². The van der Waals surface area contributed by atoms with Crippen molar-refractivity contribution >= 4 is 5.69 Å². The van der Waals surface area contributed by atoms with Crippen LogP contribution in [0, 0.1) is 23.5 Å². The van der Waals surface area contributed by atoms with Crippen molar-refractivity contribution in [1.82, 2.24) is 20.1 Å². The fourth-order valence-corrected chi connectivity index (χ4v) is 1.75. The van der Waals surface area contributed by atoms with Crippen molar-refractivity contribution < 1.29 is 22.1 Å². The molecule has 3 aromatic heterocycles. The molecule has 0 radical (unpaired) electrons. The first-order chi connectivity index (χ1) is 11.1. The van der Waals surface area contributed by atoms with Crippen LogP contribution in [0.5, 0.6) is 0 Å². The summed E-state index contributed by atoms with van der Waals surface area (Å²) in [5.41, 5.74) is -0.382. The quantitative estimate of drug-likeness (QED) is 0.587. The van der Waals surface area contributed by atoms with E-state index in [1.807, 2.05) is 0 Å². The second-order valence-corrected chi connectivity index (χ2v) is 4.30. The highest BCUT2D eigenvalue weighted by Gasteiger charge is 2.21. The lowest BCUT2D eigenvalue weighted by Crippen LogP contribution is -2.09. The molecule has 10 heteroatoms. The van der Waals surface area contributed by atoms with E-state index in [2.05, 4.69) is 25.4 Å². The Hall–Kier alpha value is -3.04. The van der Waals surface area contributed by atoms with Gasteiger partial charge in [-0.25, -0.2) is 0 Å². The second kappa shape index (κ2) is 5.99. The number of rotatable bonds is 4. The SMILES string of the molecule is Fc1nc(F)c(F)c(NCc2nc(-c3ccncc3)no2)c1F. The highest BCUT2D eigenvalue weighted by molar-refractivity contribution is 5.52. The zero-order chi connectivity index (χ0) is 16.4. The molecule has 0 aliphatic heterocycles. The Morgan fingerprint density at radius 2 is 1.61 bits per heavy atom. The Labute approximate surface area is 126 Å². The van der Waals surface area contributed by atoms with Gasteiger partial charge in [-0.3, -0.25) is 4.98 Å². The van der Waals surface area contributed by atoms with Crippen molar-refractivity contribution in [3.05, 3.63) is 53.9 Å². The Bertz CT molecular complexity index is 814. The molecule has 3 heterocycles. The Morgan fingerprint density at radius 3 is 2.26 bits per heavy atom. The van der Waals surface area contributed by atoms with Gasteiger partial charge in [0.1, 0.15) is 5.69 Å². The number of nitrogens with zero attached hydrogens (tertiary/aromatic N) is 4. The number of hydrogen-bond donors (Lipinski definition) is 1. The van der Waals surface area contributed by atoms with E-state index in [-0.39, 0.29) is 18.3 Å². The van der Waals surface area contributed by atoms with E-state index in [9.17, 15) is 17.6 Å². The summed E-state index contributed by atoms with van der Waals surface area (Å²) >= 11 is 0. The lowest BCUT2D eigenvalue weighted by Gasteiger charge is -2.06. The summed E-state index contributed by atoms with van der Waals surface area (Å²) < 4.78 is 57.7. The lowest BCUT2D eigenvalue weighted by molar-refractivity contribution is 0.381. The van der Waals surface area contributed by atoms with Crippen LogP contribution >= 0.6 is 0 Å². The molecule has 0 fully saturated rings. The molecule has 1 N–H and O–H groups in total. The summed E-state index contributed by atoms with van der Waals surface area (Å²) in [6.45, 7) is -0.338. The first-order valence-corrected chi connectivity index (χ1v) is 6.23. The van der Waals surface area contributed by atoms with Gasteiger partial charge < -0.3 is 9.84 Å². The Kier molecular flexibility index (Phi) is 3.87. The van der Waals surface area contributed by atoms with Crippen molar-refractivity contribution in [3.8, 4) is 11.4 Å². The van der Waals surface area contributed by atoms with Gasteiger partial charge in [0, 0.05) is 18.0 Å². The van der Waals surface area contributed by atoms with Crippen LogP contribution in [0.2, 0.25) is 0 Å². The topological polar surface area (TPSA) is 76.7 Å². The normalized spacial score (nSPS) is 10.8. The molecule has 0 saturated heterocycles. The number of aromatic nitrogens is 4. The molecule has 118 valence electrons. The molecule has 6 nitrogen and oxygen atoms in total. The van der Waals surface area contributed by atoms with Crippen LogP contribution in [-0.2, 0) is 6.54 Å². The van der Waals surface area contributed by atoms with Gasteiger partial charge in [-0.1, -0.05) is 5.16 Å². The first-order valence-electron chi connectivity index (χ1n) is 6.23. The number of halogens is 4. The molecule has 0 aliphatic carbocycles. The fraction of sp³-hybridized carbons (Fsp3) is 0.0769. The third-order valence-electron chi connectivity index (χ3n) is 2.82. The summed E-state index contributed by atoms with van der Waals surface area (Å²) in [7, 11) is 0. The van der Waals surface area contributed by atoms with Crippen LogP contribution in [0.4, 0.5) is 23.2 Å². The molecule has 0 spiro atoms. The molecule has 0 aliphatic rings. The van der Waals surface area contributed by atoms with Crippen molar-refractivity contribution in [1.29, 1.82) is 0 Å². The average Bonchev–Trinajstić information content (AvgIpc) is 3.03. The minimum Gasteiger partial charge on any atom is -0.371 e. The molecule has 23 heavy (non-hydrogen) atoms.